The molecule has 0 radical (unpaired) electrons. The van der Waals surface area contributed by atoms with Crippen LogP contribution in [0.2, 0.25) is 5.02 Å². The topological polar surface area (TPSA) is 37.4 Å². The molecule has 1 fully saturated rings. The first-order valence-corrected chi connectivity index (χ1v) is 7.38. The van der Waals surface area contributed by atoms with Crippen molar-refractivity contribution in [3.63, 3.8) is 0 Å². The average Bonchev–Trinajstić information content (AvgIpc) is 2.74. The van der Waals surface area contributed by atoms with Gasteiger partial charge in [0.1, 0.15) is 10.7 Å². The summed E-state index contributed by atoms with van der Waals surface area (Å²) in [7, 11) is 0. The summed E-state index contributed by atoms with van der Waals surface area (Å²) in [4.78, 5) is 26.1. The number of ketones is 1. The molecule has 0 aliphatic carbocycles. The van der Waals surface area contributed by atoms with E-state index in [1.165, 1.54) is 11.3 Å². The first kappa shape index (κ1) is 13.6. The summed E-state index contributed by atoms with van der Waals surface area (Å²) in [6.45, 7) is 2.31. The van der Waals surface area contributed by atoms with Gasteiger partial charge in [-0.2, -0.15) is 0 Å². The lowest BCUT2D eigenvalue weighted by Crippen LogP contribution is -2.44. The number of piperidine rings is 1. The Kier molecular flexibility index (Phi) is 4.40. The van der Waals surface area contributed by atoms with E-state index in [1.54, 1.807) is 13.0 Å². The number of likely N-dealkylation sites (tertiary alicyclic amines) is 1. The summed E-state index contributed by atoms with van der Waals surface area (Å²) in [5, 5.41) is 2.33. The van der Waals surface area contributed by atoms with Gasteiger partial charge in [-0.1, -0.05) is 11.6 Å². The van der Waals surface area contributed by atoms with Crippen molar-refractivity contribution in [2.45, 2.75) is 38.6 Å². The second-order valence-corrected chi connectivity index (χ2v) is 5.98. The summed E-state index contributed by atoms with van der Waals surface area (Å²) in [5.41, 5.74) is 0. The van der Waals surface area contributed by atoms with Crippen LogP contribution in [0.3, 0.4) is 0 Å². The summed E-state index contributed by atoms with van der Waals surface area (Å²) in [5.74, 6) is 0.109. The van der Waals surface area contributed by atoms with Crippen LogP contribution >= 0.6 is 22.9 Å². The highest BCUT2D eigenvalue weighted by Crippen LogP contribution is 2.28. The first-order chi connectivity index (χ1) is 8.59. The van der Waals surface area contributed by atoms with E-state index in [9.17, 15) is 9.59 Å². The Morgan fingerprint density at radius 2 is 2.28 bits per heavy atom. The Labute approximate surface area is 116 Å². The van der Waals surface area contributed by atoms with E-state index in [2.05, 4.69) is 0 Å². The minimum atomic E-state index is -0.0269. The number of rotatable bonds is 3. The normalized spacial score (nSPS) is 19.9. The molecular formula is C13H16ClNO2S. The van der Waals surface area contributed by atoms with Crippen LogP contribution in [0, 0.1) is 0 Å². The molecule has 0 saturated carbocycles. The number of thiophene rings is 1. The number of amides is 1. The van der Waals surface area contributed by atoms with Gasteiger partial charge < -0.3 is 4.90 Å². The minimum Gasteiger partial charge on any atom is -0.334 e. The molecule has 1 amide bonds. The van der Waals surface area contributed by atoms with Gasteiger partial charge in [0.05, 0.1) is 5.02 Å². The Morgan fingerprint density at radius 3 is 2.89 bits per heavy atom. The third kappa shape index (κ3) is 2.93. The number of hydrogen-bond donors (Lipinski definition) is 0. The van der Waals surface area contributed by atoms with Gasteiger partial charge >= 0.3 is 0 Å². The van der Waals surface area contributed by atoms with E-state index < -0.39 is 0 Å². The van der Waals surface area contributed by atoms with Gasteiger partial charge in [-0.3, -0.25) is 9.59 Å². The molecule has 1 aliphatic rings. The summed E-state index contributed by atoms with van der Waals surface area (Å²) < 4.78 is 0. The zero-order chi connectivity index (χ0) is 13.1. The monoisotopic (exact) mass is 285 g/mol. The maximum absolute atomic E-state index is 12.4. The van der Waals surface area contributed by atoms with Crippen molar-refractivity contribution in [2.24, 2.45) is 0 Å². The Hall–Kier alpha value is -0.870. The molecule has 0 bridgehead atoms. The van der Waals surface area contributed by atoms with Crippen molar-refractivity contribution < 1.29 is 9.59 Å². The fourth-order valence-corrected chi connectivity index (χ4v) is 3.48. The van der Waals surface area contributed by atoms with Crippen LogP contribution in [0.5, 0.6) is 0 Å². The molecule has 1 aliphatic heterocycles. The zero-order valence-electron chi connectivity index (χ0n) is 10.3. The predicted octanol–water partition coefficient (Wildman–Crippen LogP) is 3.38. The van der Waals surface area contributed by atoms with Crippen molar-refractivity contribution in [3.05, 3.63) is 21.3 Å². The largest absolute Gasteiger partial charge is 0.334 e. The number of halogens is 1. The van der Waals surface area contributed by atoms with E-state index >= 15 is 0 Å². The quantitative estimate of drug-likeness (QED) is 0.854. The number of carbonyl (C=O) groups is 2. The molecular weight excluding hydrogens is 270 g/mol. The molecule has 0 spiro atoms. The molecule has 1 aromatic heterocycles. The second kappa shape index (κ2) is 5.85. The van der Waals surface area contributed by atoms with Gasteiger partial charge in [-0.25, -0.2) is 0 Å². The third-order valence-corrected chi connectivity index (χ3v) is 4.55. The highest BCUT2D eigenvalue weighted by atomic mass is 35.5. The maximum atomic E-state index is 12.4. The predicted molar refractivity (Wildman–Crippen MR) is 73.3 cm³/mol. The van der Waals surface area contributed by atoms with Gasteiger partial charge in [0.15, 0.2) is 0 Å². The highest BCUT2D eigenvalue weighted by Gasteiger charge is 2.29. The Bertz CT molecular complexity index is 458. The molecule has 1 saturated heterocycles. The molecule has 2 heterocycles. The van der Waals surface area contributed by atoms with Gasteiger partial charge in [-0.05, 0) is 37.6 Å². The van der Waals surface area contributed by atoms with Crippen molar-refractivity contribution in [1.29, 1.82) is 0 Å². The van der Waals surface area contributed by atoms with Crippen LogP contribution < -0.4 is 0 Å². The van der Waals surface area contributed by atoms with E-state index in [1.807, 2.05) is 10.3 Å². The molecule has 2 rings (SSSR count). The molecule has 18 heavy (non-hydrogen) atoms. The highest BCUT2D eigenvalue weighted by molar-refractivity contribution is 7.12. The van der Waals surface area contributed by atoms with Crippen molar-refractivity contribution in [1.82, 2.24) is 4.90 Å². The van der Waals surface area contributed by atoms with Crippen LogP contribution in [-0.4, -0.2) is 29.2 Å². The smallest absolute Gasteiger partial charge is 0.265 e. The molecule has 5 heteroatoms. The molecule has 3 nitrogen and oxygen atoms in total. The van der Waals surface area contributed by atoms with E-state index in [0.29, 0.717) is 16.3 Å². The fourth-order valence-electron chi connectivity index (χ4n) is 2.39. The Morgan fingerprint density at radius 1 is 1.50 bits per heavy atom. The van der Waals surface area contributed by atoms with Gasteiger partial charge in [0.2, 0.25) is 0 Å². The molecule has 1 unspecified atom stereocenters. The molecule has 0 aromatic carbocycles. The summed E-state index contributed by atoms with van der Waals surface area (Å²) in [6.07, 6.45) is 3.45. The number of Topliss-reactive ketones (excluding diaryl/α,β-unsaturated/α-hetero) is 1. The number of nitrogens with zero attached hydrogens (tertiary/aromatic N) is 1. The van der Waals surface area contributed by atoms with Crippen LogP contribution in [-0.2, 0) is 4.79 Å². The maximum Gasteiger partial charge on any atom is 0.265 e. The lowest BCUT2D eigenvalue weighted by Gasteiger charge is -2.35. The minimum absolute atomic E-state index is 0.0269. The Balaban J connectivity index is 2.16. The van der Waals surface area contributed by atoms with E-state index in [4.69, 9.17) is 11.6 Å². The van der Waals surface area contributed by atoms with Crippen LogP contribution in [0.15, 0.2) is 11.4 Å². The molecule has 1 aromatic rings. The van der Waals surface area contributed by atoms with Gasteiger partial charge in [0.25, 0.3) is 5.91 Å². The van der Waals surface area contributed by atoms with E-state index in [0.717, 1.165) is 25.8 Å². The SMILES string of the molecule is CC(=O)CC1CCCCN1C(=O)c1sccc1Cl. The van der Waals surface area contributed by atoms with Gasteiger partial charge in [-0.15, -0.1) is 11.3 Å². The van der Waals surface area contributed by atoms with Crippen LogP contribution in [0.1, 0.15) is 42.3 Å². The number of carbonyl (C=O) groups excluding carboxylic acids is 2. The van der Waals surface area contributed by atoms with Gasteiger partial charge in [0, 0.05) is 19.0 Å². The lowest BCUT2D eigenvalue weighted by molar-refractivity contribution is -0.118. The van der Waals surface area contributed by atoms with Crippen molar-refractivity contribution >= 4 is 34.6 Å². The third-order valence-electron chi connectivity index (χ3n) is 3.22. The molecule has 1 atom stereocenters. The molecule has 98 valence electrons. The average molecular weight is 286 g/mol. The number of hydrogen-bond acceptors (Lipinski definition) is 3. The van der Waals surface area contributed by atoms with Crippen molar-refractivity contribution in [3.8, 4) is 0 Å². The second-order valence-electron chi connectivity index (χ2n) is 4.65. The fraction of sp³-hybridized carbons (Fsp3) is 0.538. The lowest BCUT2D eigenvalue weighted by atomic mass is 9.97. The van der Waals surface area contributed by atoms with E-state index in [-0.39, 0.29) is 17.7 Å². The van der Waals surface area contributed by atoms with Crippen LogP contribution in [0.4, 0.5) is 0 Å². The standard InChI is InChI=1S/C13H16ClNO2S/c1-9(16)8-10-4-2-3-6-15(10)13(17)12-11(14)5-7-18-12/h5,7,10H,2-4,6,8H2,1H3. The molecule has 0 N–H and O–H groups in total. The van der Waals surface area contributed by atoms with Crippen LogP contribution in [0.25, 0.3) is 0 Å². The zero-order valence-corrected chi connectivity index (χ0v) is 11.9. The summed E-state index contributed by atoms with van der Waals surface area (Å²) in [6, 6.07) is 1.78. The summed E-state index contributed by atoms with van der Waals surface area (Å²) >= 11 is 7.37. The first-order valence-electron chi connectivity index (χ1n) is 6.13. The van der Waals surface area contributed by atoms with Crippen molar-refractivity contribution in [2.75, 3.05) is 6.54 Å².